The first-order chi connectivity index (χ1) is 8.66. The minimum Gasteiger partial charge on any atom is -0.452 e. The lowest BCUT2D eigenvalue weighted by atomic mass is 10.2. The Morgan fingerprint density at radius 2 is 2.06 bits per heavy atom. The molecule has 0 saturated heterocycles. The van der Waals surface area contributed by atoms with E-state index in [-0.39, 0.29) is 18.1 Å². The van der Waals surface area contributed by atoms with E-state index in [1.165, 1.54) is 12.8 Å². The molecule has 5 heteroatoms. The summed E-state index contributed by atoms with van der Waals surface area (Å²) in [6.45, 7) is 0.406. The predicted molar refractivity (Wildman–Crippen MR) is 66.9 cm³/mol. The van der Waals surface area contributed by atoms with Gasteiger partial charge in [0.05, 0.1) is 5.56 Å². The highest BCUT2D eigenvalue weighted by Crippen LogP contribution is 2.27. The molecule has 0 atom stereocenters. The SMILES string of the molecule is Nc1ccccc1C(=O)OCC(=O)NCC1CC1. The Kier molecular flexibility index (Phi) is 3.82. The predicted octanol–water partition coefficient (Wildman–Crippen LogP) is 0.952. The van der Waals surface area contributed by atoms with Gasteiger partial charge in [-0.25, -0.2) is 4.79 Å². The maximum absolute atomic E-state index is 11.6. The van der Waals surface area contributed by atoms with E-state index in [0.717, 1.165) is 0 Å². The monoisotopic (exact) mass is 248 g/mol. The quantitative estimate of drug-likeness (QED) is 0.600. The van der Waals surface area contributed by atoms with Gasteiger partial charge in [-0.15, -0.1) is 0 Å². The Hall–Kier alpha value is -2.04. The average Bonchev–Trinajstić information content (AvgIpc) is 3.18. The van der Waals surface area contributed by atoms with Crippen molar-refractivity contribution in [3.05, 3.63) is 29.8 Å². The van der Waals surface area contributed by atoms with Crippen molar-refractivity contribution in [1.82, 2.24) is 5.32 Å². The lowest BCUT2D eigenvalue weighted by Gasteiger charge is -2.07. The number of rotatable bonds is 5. The van der Waals surface area contributed by atoms with Crippen LogP contribution in [0.25, 0.3) is 0 Å². The minimum absolute atomic E-state index is 0.264. The summed E-state index contributed by atoms with van der Waals surface area (Å²) in [6.07, 6.45) is 2.33. The summed E-state index contributed by atoms with van der Waals surface area (Å²) in [5.74, 6) is -0.242. The number of hydrogen-bond donors (Lipinski definition) is 2. The van der Waals surface area contributed by atoms with E-state index in [1.54, 1.807) is 24.3 Å². The molecule has 0 radical (unpaired) electrons. The van der Waals surface area contributed by atoms with Crippen molar-refractivity contribution >= 4 is 17.6 Å². The third kappa shape index (κ3) is 3.48. The molecule has 0 spiro atoms. The summed E-state index contributed by atoms with van der Waals surface area (Å²) in [5, 5.41) is 2.72. The third-order valence-corrected chi connectivity index (χ3v) is 2.80. The summed E-state index contributed by atoms with van der Waals surface area (Å²) < 4.78 is 4.89. The average molecular weight is 248 g/mol. The molecule has 0 aromatic heterocycles. The fourth-order valence-corrected chi connectivity index (χ4v) is 1.52. The zero-order chi connectivity index (χ0) is 13.0. The molecule has 18 heavy (non-hydrogen) atoms. The van der Waals surface area contributed by atoms with Crippen LogP contribution in [-0.2, 0) is 9.53 Å². The lowest BCUT2D eigenvalue weighted by molar-refractivity contribution is -0.124. The van der Waals surface area contributed by atoms with Gasteiger partial charge in [0.2, 0.25) is 0 Å². The largest absolute Gasteiger partial charge is 0.452 e. The summed E-state index contributed by atoms with van der Waals surface area (Å²) in [6, 6.07) is 6.61. The Labute approximate surface area is 105 Å². The van der Waals surface area contributed by atoms with E-state index in [0.29, 0.717) is 18.2 Å². The molecule has 1 fully saturated rings. The summed E-state index contributed by atoms with van der Waals surface area (Å²) in [5.41, 5.74) is 6.27. The smallest absolute Gasteiger partial charge is 0.340 e. The van der Waals surface area contributed by atoms with Gasteiger partial charge in [-0.3, -0.25) is 4.79 Å². The van der Waals surface area contributed by atoms with Gasteiger partial charge in [-0.1, -0.05) is 12.1 Å². The van der Waals surface area contributed by atoms with Crippen molar-refractivity contribution in [2.75, 3.05) is 18.9 Å². The number of nitrogens with two attached hydrogens (primary N) is 1. The maximum atomic E-state index is 11.6. The molecular weight excluding hydrogens is 232 g/mol. The zero-order valence-corrected chi connectivity index (χ0v) is 10.0. The second kappa shape index (κ2) is 5.53. The van der Waals surface area contributed by atoms with Crippen molar-refractivity contribution in [2.24, 2.45) is 5.92 Å². The van der Waals surface area contributed by atoms with E-state index >= 15 is 0 Å². The number of esters is 1. The molecule has 0 unspecified atom stereocenters. The molecule has 1 aliphatic carbocycles. The van der Waals surface area contributed by atoms with Crippen LogP contribution in [-0.4, -0.2) is 25.0 Å². The van der Waals surface area contributed by atoms with E-state index < -0.39 is 5.97 Å². The normalized spacial score (nSPS) is 14.0. The van der Waals surface area contributed by atoms with E-state index in [4.69, 9.17) is 10.5 Å². The third-order valence-electron chi connectivity index (χ3n) is 2.80. The van der Waals surface area contributed by atoms with Gasteiger partial charge >= 0.3 is 5.97 Å². The molecular formula is C13H16N2O3. The first-order valence-corrected chi connectivity index (χ1v) is 5.95. The van der Waals surface area contributed by atoms with E-state index in [1.807, 2.05) is 0 Å². The van der Waals surface area contributed by atoms with Crippen LogP contribution in [0.4, 0.5) is 5.69 Å². The Balaban J connectivity index is 1.77. The number of nitrogens with one attached hydrogen (secondary N) is 1. The molecule has 0 aliphatic heterocycles. The molecule has 1 aromatic rings. The molecule has 2 rings (SSSR count). The number of carbonyl (C=O) groups is 2. The van der Waals surface area contributed by atoms with E-state index in [2.05, 4.69) is 5.32 Å². The highest BCUT2D eigenvalue weighted by Gasteiger charge is 2.21. The molecule has 1 amide bonds. The number of ether oxygens (including phenoxy) is 1. The Bertz CT molecular complexity index is 455. The molecule has 1 aromatic carbocycles. The standard InChI is InChI=1S/C13H16N2O3/c14-11-4-2-1-3-10(11)13(17)18-8-12(16)15-7-9-5-6-9/h1-4,9H,5-8,14H2,(H,15,16). The van der Waals surface area contributed by atoms with Crippen LogP contribution in [0.1, 0.15) is 23.2 Å². The first kappa shape index (κ1) is 12.4. The number of para-hydroxylation sites is 1. The van der Waals surface area contributed by atoms with Crippen LogP contribution in [0.5, 0.6) is 0 Å². The van der Waals surface area contributed by atoms with Gasteiger partial charge in [0.1, 0.15) is 0 Å². The van der Waals surface area contributed by atoms with Crippen LogP contribution < -0.4 is 11.1 Å². The first-order valence-electron chi connectivity index (χ1n) is 5.95. The summed E-state index contributed by atoms with van der Waals surface area (Å²) in [7, 11) is 0. The molecule has 96 valence electrons. The van der Waals surface area contributed by atoms with Crippen LogP contribution in [0.2, 0.25) is 0 Å². The van der Waals surface area contributed by atoms with Gasteiger partial charge in [-0.05, 0) is 30.9 Å². The Morgan fingerprint density at radius 3 is 2.72 bits per heavy atom. The lowest BCUT2D eigenvalue weighted by Crippen LogP contribution is -2.30. The van der Waals surface area contributed by atoms with Crippen molar-refractivity contribution in [1.29, 1.82) is 0 Å². The van der Waals surface area contributed by atoms with Gasteiger partial charge in [0, 0.05) is 12.2 Å². The van der Waals surface area contributed by atoms with Gasteiger partial charge in [0.15, 0.2) is 6.61 Å². The highest BCUT2D eigenvalue weighted by molar-refractivity contribution is 5.96. The van der Waals surface area contributed by atoms with Crippen LogP contribution >= 0.6 is 0 Å². The zero-order valence-electron chi connectivity index (χ0n) is 10.0. The fraction of sp³-hybridized carbons (Fsp3) is 0.385. The van der Waals surface area contributed by atoms with Gasteiger partial charge in [0.25, 0.3) is 5.91 Å². The number of benzene rings is 1. The topological polar surface area (TPSA) is 81.4 Å². The Morgan fingerprint density at radius 1 is 1.33 bits per heavy atom. The van der Waals surface area contributed by atoms with Crippen LogP contribution in [0.3, 0.4) is 0 Å². The number of nitrogen functional groups attached to an aromatic ring is 1. The number of amides is 1. The van der Waals surface area contributed by atoms with Crippen LogP contribution in [0, 0.1) is 5.92 Å². The van der Waals surface area contributed by atoms with Crippen molar-refractivity contribution in [3.63, 3.8) is 0 Å². The molecule has 5 nitrogen and oxygen atoms in total. The number of hydrogen-bond acceptors (Lipinski definition) is 4. The van der Waals surface area contributed by atoms with Crippen LogP contribution in [0.15, 0.2) is 24.3 Å². The number of carbonyl (C=O) groups excluding carboxylic acids is 2. The molecule has 1 saturated carbocycles. The maximum Gasteiger partial charge on any atom is 0.340 e. The van der Waals surface area contributed by atoms with Crippen molar-refractivity contribution < 1.29 is 14.3 Å². The summed E-state index contributed by atoms with van der Waals surface area (Å²) >= 11 is 0. The van der Waals surface area contributed by atoms with E-state index in [9.17, 15) is 9.59 Å². The van der Waals surface area contributed by atoms with Gasteiger partial charge in [-0.2, -0.15) is 0 Å². The van der Waals surface area contributed by atoms with Crippen molar-refractivity contribution in [3.8, 4) is 0 Å². The minimum atomic E-state index is -0.574. The second-order valence-corrected chi connectivity index (χ2v) is 4.41. The molecule has 0 heterocycles. The fourth-order valence-electron chi connectivity index (χ4n) is 1.52. The molecule has 1 aliphatic rings. The highest BCUT2D eigenvalue weighted by atomic mass is 16.5. The van der Waals surface area contributed by atoms with Gasteiger partial charge < -0.3 is 15.8 Å². The number of anilines is 1. The molecule has 0 bridgehead atoms. The van der Waals surface area contributed by atoms with Crippen molar-refractivity contribution in [2.45, 2.75) is 12.8 Å². The summed E-state index contributed by atoms with van der Waals surface area (Å²) in [4.78, 5) is 23.0. The molecule has 3 N–H and O–H groups in total. The second-order valence-electron chi connectivity index (χ2n) is 4.41.